The first kappa shape index (κ1) is 16.1. The SMILES string of the molecule is CC/C=C\[C@](C)(CC)CC(C)(CC)SCC. The molecule has 0 spiro atoms. The van der Waals surface area contributed by atoms with E-state index in [2.05, 4.69) is 65.5 Å². The van der Waals surface area contributed by atoms with E-state index in [1.165, 1.54) is 25.0 Å². The molecule has 0 N–H and O–H groups in total. The van der Waals surface area contributed by atoms with Crippen LogP contribution in [0.2, 0.25) is 0 Å². The molecule has 1 heteroatoms. The van der Waals surface area contributed by atoms with Gasteiger partial charge in [0.2, 0.25) is 0 Å². The summed E-state index contributed by atoms with van der Waals surface area (Å²) in [5.74, 6) is 1.22. The summed E-state index contributed by atoms with van der Waals surface area (Å²) in [5, 5.41) is 0. The predicted molar refractivity (Wildman–Crippen MR) is 79.3 cm³/mol. The fraction of sp³-hybridized carbons (Fsp3) is 0.867. The van der Waals surface area contributed by atoms with Gasteiger partial charge in [-0.3, -0.25) is 0 Å². The smallest absolute Gasteiger partial charge is 0.0137 e. The Morgan fingerprint density at radius 2 is 1.62 bits per heavy atom. The molecule has 0 aliphatic heterocycles. The lowest BCUT2D eigenvalue weighted by molar-refractivity contribution is 0.325. The minimum atomic E-state index is 0.378. The summed E-state index contributed by atoms with van der Waals surface area (Å²) in [5.41, 5.74) is 0.378. The summed E-state index contributed by atoms with van der Waals surface area (Å²) in [4.78, 5) is 0. The molecule has 0 saturated heterocycles. The maximum absolute atomic E-state index is 2.44. The largest absolute Gasteiger partial charge is 0.156 e. The Morgan fingerprint density at radius 1 is 1.00 bits per heavy atom. The van der Waals surface area contributed by atoms with Gasteiger partial charge < -0.3 is 0 Å². The summed E-state index contributed by atoms with van der Waals surface area (Å²) in [6.45, 7) is 13.9. The maximum atomic E-state index is 2.44. The van der Waals surface area contributed by atoms with Gasteiger partial charge in [0.05, 0.1) is 0 Å². The fourth-order valence-corrected chi connectivity index (χ4v) is 3.52. The molecule has 0 amide bonds. The number of rotatable bonds is 8. The van der Waals surface area contributed by atoms with Crippen LogP contribution >= 0.6 is 11.8 Å². The van der Waals surface area contributed by atoms with E-state index < -0.39 is 0 Å². The van der Waals surface area contributed by atoms with Gasteiger partial charge >= 0.3 is 0 Å². The van der Waals surface area contributed by atoms with Gasteiger partial charge in [-0.05, 0) is 36.9 Å². The van der Waals surface area contributed by atoms with Crippen LogP contribution in [0.4, 0.5) is 0 Å². The van der Waals surface area contributed by atoms with Crippen molar-refractivity contribution in [3.05, 3.63) is 12.2 Å². The standard InChI is InChI=1S/C15H30S/c1-7-11-12-14(5,8-2)13-15(6,9-3)16-10-4/h11-12H,7-10,13H2,1-6H3/b12-11-/t14-,15?/m0/s1. The highest BCUT2D eigenvalue weighted by Crippen LogP contribution is 2.42. The molecule has 0 aromatic rings. The van der Waals surface area contributed by atoms with E-state index in [4.69, 9.17) is 0 Å². The molecule has 16 heavy (non-hydrogen) atoms. The second-order valence-electron chi connectivity index (χ2n) is 5.23. The Kier molecular flexibility index (Phi) is 7.46. The van der Waals surface area contributed by atoms with Crippen molar-refractivity contribution in [2.24, 2.45) is 5.41 Å². The Balaban J connectivity index is 4.66. The Bertz CT molecular complexity index is 209. The summed E-state index contributed by atoms with van der Waals surface area (Å²) >= 11 is 2.12. The normalized spacial score (nSPS) is 19.6. The first-order valence-corrected chi connectivity index (χ1v) is 7.75. The highest BCUT2D eigenvalue weighted by Gasteiger charge is 2.31. The molecular formula is C15H30S. The third-order valence-electron chi connectivity index (χ3n) is 3.58. The van der Waals surface area contributed by atoms with E-state index in [0.717, 1.165) is 6.42 Å². The van der Waals surface area contributed by atoms with E-state index in [-0.39, 0.29) is 0 Å². The van der Waals surface area contributed by atoms with Gasteiger partial charge in [-0.1, -0.05) is 53.7 Å². The molecular weight excluding hydrogens is 212 g/mol. The quantitative estimate of drug-likeness (QED) is 0.493. The second kappa shape index (κ2) is 7.42. The second-order valence-corrected chi connectivity index (χ2v) is 7.08. The molecule has 0 saturated carbocycles. The molecule has 0 aromatic carbocycles. The van der Waals surface area contributed by atoms with Crippen molar-refractivity contribution in [2.45, 2.75) is 72.0 Å². The molecule has 1 unspecified atom stereocenters. The highest BCUT2D eigenvalue weighted by molar-refractivity contribution is 8.00. The van der Waals surface area contributed by atoms with Gasteiger partial charge in [0.1, 0.15) is 0 Å². The molecule has 0 nitrogen and oxygen atoms in total. The van der Waals surface area contributed by atoms with E-state index in [9.17, 15) is 0 Å². The van der Waals surface area contributed by atoms with Crippen LogP contribution in [0.5, 0.6) is 0 Å². The Morgan fingerprint density at radius 3 is 2.00 bits per heavy atom. The van der Waals surface area contributed by atoms with Crippen molar-refractivity contribution in [1.29, 1.82) is 0 Å². The van der Waals surface area contributed by atoms with Gasteiger partial charge in [-0.25, -0.2) is 0 Å². The average molecular weight is 242 g/mol. The van der Waals surface area contributed by atoms with Crippen molar-refractivity contribution < 1.29 is 0 Å². The number of hydrogen-bond donors (Lipinski definition) is 0. The van der Waals surface area contributed by atoms with Crippen LogP contribution in [-0.2, 0) is 0 Å². The van der Waals surface area contributed by atoms with Gasteiger partial charge in [0, 0.05) is 4.75 Å². The number of thioether (sulfide) groups is 1. The molecule has 0 aliphatic rings. The molecule has 0 rings (SSSR count). The van der Waals surface area contributed by atoms with Crippen LogP contribution in [0, 0.1) is 5.41 Å². The molecule has 0 heterocycles. The van der Waals surface area contributed by atoms with Crippen molar-refractivity contribution in [1.82, 2.24) is 0 Å². The van der Waals surface area contributed by atoms with Gasteiger partial charge in [-0.2, -0.15) is 11.8 Å². The average Bonchev–Trinajstić information content (AvgIpc) is 2.27. The van der Waals surface area contributed by atoms with E-state index in [1.807, 2.05) is 0 Å². The minimum absolute atomic E-state index is 0.378. The van der Waals surface area contributed by atoms with Gasteiger partial charge in [0.15, 0.2) is 0 Å². The molecule has 0 bridgehead atoms. The van der Waals surface area contributed by atoms with Crippen molar-refractivity contribution in [2.75, 3.05) is 5.75 Å². The van der Waals surface area contributed by atoms with Gasteiger partial charge in [0.25, 0.3) is 0 Å². The topological polar surface area (TPSA) is 0 Å². The predicted octanol–water partition coefficient (Wildman–Crippen LogP) is 5.68. The van der Waals surface area contributed by atoms with Crippen LogP contribution in [0.15, 0.2) is 12.2 Å². The van der Waals surface area contributed by atoms with E-state index in [1.54, 1.807) is 0 Å². The summed E-state index contributed by atoms with van der Waals surface area (Å²) in [6.07, 6.45) is 9.72. The van der Waals surface area contributed by atoms with Crippen molar-refractivity contribution in [3.8, 4) is 0 Å². The molecule has 0 fully saturated rings. The van der Waals surface area contributed by atoms with Gasteiger partial charge in [-0.15, -0.1) is 0 Å². The lowest BCUT2D eigenvalue weighted by atomic mass is 9.77. The molecule has 0 radical (unpaired) electrons. The molecule has 0 aromatic heterocycles. The van der Waals surface area contributed by atoms with Crippen LogP contribution in [-0.4, -0.2) is 10.5 Å². The zero-order chi connectivity index (χ0) is 12.7. The number of hydrogen-bond acceptors (Lipinski definition) is 1. The summed E-state index contributed by atoms with van der Waals surface area (Å²) < 4.78 is 0.442. The van der Waals surface area contributed by atoms with Crippen LogP contribution in [0.3, 0.4) is 0 Å². The van der Waals surface area contributed by atoms with Crippen LogP contribution in [0.25, 0.3) is 0 Å². The third kappa shape index (κ3) is 5.43. The van der Waals surface area contributed by atoms with Crippen molar-refractivity contribution >= 4 is 11.8 Å². The van der Waals surface area contributed by atoms with Crippen LogP contribution < -0.4 is 0 Å². The third-order valence-corrected chi connectivity index (χ3v) is 5.00. The zero-order valence-electron chi connectivity index (χ0n) is 12.1. The zero-order valence-corrected chi connectivity index (χ0v) is 12.9. The molecule has 96 valence electrons. The Hall–Kier alpha value is 0.0900. The molecule has 0 aliphatic carbocycles. The Labute approximate surface area is 107 Å². The summed E-state index contributed by atoms with van der Waals surface area (Å²) in [7, 11) is 0. The lowest BCUT2D eigenvalue weighted by Crippen LogP contribution is -2.28. The van der Waals surface area contributed by atoms with E-state index >= 15 is 0 Å². The maximum Gasteiger partial charge on any atom is 0.0137 e. The minimum Gasteiger partial charge on any atom is -0.156 e. The first-order chi connectivity index (χ1) is 7.45. The lowest BCUT2D eigenvalue weighted by Gasteiger charge is -2.36. The highest BCUT2D eigenvalue weighted by atomic mass is 32.2. The number of allylic oxidation sites excluding steroid dienone is 2. The molecule has 2 atom stereocenters. The van der Waals surface area contributed by atoms with Crippen molar-refractivity contribution in [3.63, 3.8) is 0 Å². The fourth-order valence-electron chi connectivity index (χ4n) is 2.18. The summed E-state index contributed by atoms with van der Waals surface area (Å²) in [6, 6.07) is 0. The van der Waals surface area contributed by atoms with Crippen LogP contribution in [0.1, 0.15) is 67.2 Å². The van der Waals surface area contributed by atoms with E-state index in [0.29, 0.717) is 10.2 Å². The first-order valence-electron chi connectivity index (χ1n) is 6.77. The monoisotopic (exact) mass is 242 g/mol.